The van der Waals surface area contributed by atoms with Crippen molar-refractivity contribution >= 4 is 17.8 Å². The summed E-state index contributed by atoms with van der Waals surface area (Å²) in [5.41, 5.74) is 0.908. The molecule has 1 aromatic carbocycles. The highest BCUT2D eigenvalue weighted by Gasteiger charge is 2.52. The van der Waals surface area contributed by atoms with Gasteiger partial charge >= 0.3 is 5.97 Å². The molecule has 1 N–H and O–H groups in total. The molecule has 2 aliphatic heterocycles. The highest BCUT2D eigenvalue weighted by atomic mass is 16.5. The molecule has 7 nitrogen and oxygen atoms in total. The van der Waals surface area contributed by atoms with E-state index in [2.05, 4.69) is 0 Å². The average Bonchev–Trinajstić information content (AvgIpc) is 3.05. The quantitative estimate of drug-likeness (QED) is 0.791. The Balaban J connectivity index is 1.58. The van der Waals surface area contributed by atoms with Crippen molar-refractivity contribution in [3.63, 3.8) is 0 Å². The Labute approximate surface area is 157 Å². The topological polar surface area (TPSA) is 87.1 Å². The highest BCUT2D eigenvalue weighted by Crippen LogP contribution is 2.44. The molecule has 0 unspecified atom stereocenters. The molecule has 0 aromatic heterocycles. The van der Waals surface area contributed by atoms with E-state index in [1.165, 1.54) is 7.11 Å². The zero-order valence-corrected chi connectivity index (χ0v) is 15.3. The second-order valence-electron chi connectivity index (χ2n) is 7.72. The van der Waals surface area contributed by atoms with Gasteiger partial charge in [-0.15, -0.1) is 0 Å². The molecule has 3 atom stereocenters. The van der Waals surface area contributed by atoms with Gasteiger partial charge in [0.15, 0.2) is 0 Å². The summed E-state index contributed by atoms with van der Waals surface area (Å²) in [7, 11) is 1.36. The summed E-state index contributed by atoms with van der Waals surface area (Å²) in [6.07, 6.45) is 1.01. The van der Waals surface area contributed by atoms with Gasteiger partial charge in [0.2, 0.25) is 11.8 Å². The van der Waals surface area contributed by atoms with Gasteiger partial charge in [-0.1, -0.05) is 30.3 Å². The Kier molecular flexibility index (Phi) is 4.63. The van der Waals surface area contributed by atoms with Crippen molar-refractivity contribution in [1.82, 2.24) is 9.80 Å². The van der Waals surface area contributed by atoms with Crippen LogP contribution in [0.15, 0.2) is 30.3 Å². The van der Waals surface area contributed by atoms with E-state index in [0.717, 1.165) is 5.56 Å². The number of piperazine rings is 1. The zero-order valence-electron chi connectivity index (χ0n) is 15.3. The summed E-state index contributed by atoms with van der Waals surface area (Å²) in [5, 5.41) is 9.45. The maximum atomic E-state index is 13.0. The van der Waals surface area contributed by atoms with Crippen molar-refractivity contribution in [3.05, 3.63) is 35.9 Å². The second kappa shape index (κ2) is 6.96. The lowest BCUT2D eigenvalue weighted by Gasteiger charge is -2.42. The summed E-state index contributed by atoms with van der Waals surface area (Å²) in [6.45, 7) is 0.452. The van der Waals surface area contributed by atoms with Crippen molar-refractivity contribution in [2.45, 2.75) is 37.5 Å². The smallest absolute Gasteiger partial charge is 0.311 e. The van der Waals surface area contributed by atoms with Gasteiger partial charge in [0.25, 0.3) is 0 Å². The van der Waals surface area contributed by atoms with Gasteiger partial charge in [0, 0.05) is 12.5 Å². The number of ether oxygens (including phenoxy) is 1. The number of hydrogen-bond acceptors (Lipinski definition) is 5. The van der Waals surface area contributed by atoms with E-state index in [1.54, 1.807) is 9.80 Å². The number of aliphatic hydroxyl groups is 1. The molecule has 27 heavy (non-hydrogen) atoms. The van der Waals surface area contributed by atoms with E-state index in [0.29, 0.717) is 25.8 Å². The lowest BCUT2D eigenvalue weighted by molar-refractivity contribution is -0.155. The van der Waals surface area contributed by atoms with Crippen LogP contribution in [-0.4, -0.2) is 65.0 Å². The number of amides is 2. The van der Waals surface area contributed by atoms with Crippen LogP contribution in [0.4, 0.5) is 0 Å². The average molecular weight is 372 g/mol. The first kappa shape index (κ1) is 18.0. The maximum Gasteiger partial charge on any atom is 0.311 e. The Morgan fingerprint density at radius 1 is 1.15 bits per heavy atom. The molecule has 2 saturated heterocycles. The highest BCUT2D eigenvalue weighted by molar-refractivity contribution is 5.89. The van der Waals surface area contributed by atoms with Crippen LogP contribution in [-0.2, 0) is 19.1 Å². The number of rotatable bonds is 3. The Hall–Kier alpha value is -2.41. The molecule has 4 rings (SSSR count). The van der Waals surface area contributed by atoms with Crippen LogP contribution in [0.3, 0.4) is 0 Å². The molecule has 0 spiro atoms. The molecule has 1 saturated carbocycles. The molecule has 1 aromatic rings. The Morgan fingerprint density at radius 2 is 1.85 bits per heavy atom. The largest absolute Gasteiger partial charge is 0.469 e. The van der Waals surface area contributed by atoms with Crippen LogP contribution >= 0.6 is 0 Å². The Morgan fingerprint density at radius 3 is 2.48 bits per heavy atom. The first-order valence-electron chi connectivity index (χ1n) is 9.40. The molecule has 0 radical (unpaired) electrons. The summed E-state index contributed by atoms with van der Waals surface area (Å²) in [5.74, 6) is -1.16. The van der Waals surface area contributed by atoms with Crippen LogP contribution in [0.2, 0.25) is 0 Å². The van der Waals surface area contributed by atoms with Gasteiger partial charge in [0.1, 0.15) is 0 Å². The van der Waals surface area contributed by atoms with Crippen molar-refractivity contribution < 1.29 is 24.2 Å². The van der Waals surface area contributed by atoms with Crippen LogP contribution in [0.1, 0.15) is 30.9 Å². The monoisotopic (exact) mass is 372 g/mol. The molecule has 7 heteroatoms. The fourth-order valence-corrected chi connectivity index (χ4v) is 4.68. The summed E-state index contributed by atoms with van der Waals surface area (Å²) in [6, 6.07) is 8.96. The number of methoxy groups -OCH3 is 1. The van der Waals surface area contributed by atoms with Crippen molar-refractivity contribution in [2.75, 3.05) is 20.2 Å². The van der Waals surface area contributed by atoms with Gasteiger partial charge in [-0.05, 0) is 24.8 Å². The van der Waals surface area contributed by atoms with E-state index >= 15 is 0 Å². The molecule has 3 fully saturated rings. The molecule has 3 aliphatic rings. The lowest BCUT2D eigenvalue weighted by atomic mass is 9.81. The molecular formula is C20H24N2O5. The number of nitrogens with zero attached hydrogens (tertiary/aromatic N) is 2. The normalized spacial score (nSPS) is 32.7. The number of fused-ring (bicyclic) bond motifs is 1. The standard InChI is InChI=1S/C20H24N2O5/c1-27-20(26)16-9-14-10-21(19(25)13-7-15(23)8-13)11-17(24)22(14)18(16)12-5-3-2-4-6-12/h2-6,13-16,18,23H,7-11H2,1H3/t13?,14-,15?,16-,18-/m0/s1. The third-order valence-corrected chi connectivity index (χ3v) is 6.06. The summed E-state index contributed by atoms with van der Waals surface area (Å²) < 4.78 is 4.99. The van der Waals surface area contributed by atoms with E-state index in [1.807, 2.05) is 30.3 Å². The predicted octanol–water partition coefficient (Wildman–Crippen LogP) is 0.731. The second-order valence-corrected chi connectivity index (χ2v) is 7.72. The van der Waals surface area contributed by atoms with Crippen LogP contribution in [0, 0.1) is 11.8 Å². The van der Waals surface area contributed by atoms with Crippen LogP contribution in [0.5, 0.6) is 0 Å². The van der Waals surface area contributed by atoms with Crippen molar-refractivity contribution in [2.24, 2.45) is 11.8 Å². The molecule has 144 valence electrons. The zero-order chi connectivity index (χ0) is 19.1. The van der Waals surface area contributed by atoms with E-state index in [9.17, 15) is 19.5 Å². The van der Waals surface area contributed by atoms with Crippen LogP contribution in [0.25, 0.3) is 0 Å². The van der Waals surface area contributed by atoms with Crippen molar-refractivity contribution in [1.29, 1.82) is 0 Å². The number of carbonyl (C=O) groups excluding carboxylic acids is 3. The first-order chi connectivity index (χ1) is 13.0. The van der Waals surface area contributed by atoms with E-state index < -0.39 is 12.0 Å². The number of hydrogen-bond donors (Lipinski definition) is 1. The Bertz CT molecular complexity index is 746. The maximum absolute atomic E-state index is 13.0. The predicted molar refractivity (Wildman–Crippen MR) is 95.3 cm³/mol. The van der Waals surface area contributed by atoms with Gasteiger partial charge < -0.3 is 19.6 Å². The molecular weight excluding hydrogens is 348 g/mol. The van der Waals surface area contributed by atoms with E-state index in [-0.39, 0.29) is 42.3 Å². The number of aliphatic hydroxyl groups excluding tert-OH is 1. The van der Waals surface area contributed by atoms with E-state index in [4.69, 9.17) is 4.74 Å². The molecule has 2 heterocycles. The SMILES string of the molecule is COC(=O)[C@H]1C[C@H]2CN(C(=O)C3CC(O)C3)CC(=O)N2[C@H]1c1ccccc1. The van der Waals surface area contributed by atoms with Crippen molar-refractivity contribution in [3.8, 4) is 0 Å². The van der Waals surface area contributed by atoms with Crippen LogP contribution < -0.4 is 0 Å². The first-order valence-corrected chi connectivity index (χ1v) is 9.40. The molecule has 0 bridgehead atoms. The lowest BCUT2D eigenvalue weighted by Crippen LogP contribution is -2.58. The van der Waals surface area contributed by atoms with Gasteiger partial charge in [-0.3, -0.25) is 14.4 Å². The minimum Gasteiger partial charge on any atom is -0.469 e. The number of carbonyl (C=O) groups is 3. The fraction of sp³-hybridized carbons (Fsp3) is 0.550. The van der Waals surface area contributed by atoms with Gasteiger partial charge in [-0.25, -0.2) is 0 Å². The van der Waals surface area contributed by atoms with Gasteiger partial charge in [0.05, 0.1) is 37.8 Å². The minimum absolute atomic E-state index is 0.0269. The third kappa shape index (κ3) is 3.10. The third-order valence-electron chi connectivity index (χ3n) is 6.06. The molecule has 2 amide bonds. The minimum atomic E-state index is -0.438. The summed E-state index contributed by atoms with van der Waals surface area (Å²) in [4.78, 5) is 41.4. The number of benzene rings is 1. The fourth-order valence-electron chi connectivity index (χ4n) is 4.68. The summed E-state index contributed by atoms with van der Waals surface area (Å²) >= 11 is 0. The van der Waals surface area contributed by atoms with Gasteiger partial charge in [-0.2, -0.15) is 0 Å². The molecule has 1 aliphatic carbocycles. The number of esters is 1.